The van der Waals surface area contributed by atoms with Gasteiger partial charge in [-0.25, -0.2) is 0 Å². The van der Waals surface area contributed by atoms with E-state index in [1.807, 2.05) is 45.1 Å². The van der Waals surface area contributed by atoms with Gasteiger partial charge in [-0.05, 0) is 70.4 Å². The molecule has 3 aliphatic heterocycles. The molecule has 1 unspecified atom stereocenters. The van der Waals surface area contributed by atoms with Crippen LogP contribution in [0.4, 0.5) is 0 Å². The van der Waals surface area contributed by atoms with Gasteiger partial charge in [-0.15, -0.1) is 39.9 Å². The molecule has 2 aromatic rings. The Hall–Kier alpha value is -3.91. The predicted octanol–water partition coefficient (Wildman–Crippen LogP) is 5.05. The second-order valence-corrected chi connectivity index (χ2v) is 13.8. The molecular weight excluding hydrogens is 653 g/mol. The molecule has 1 aliphatic carbocycles. The van der Waals surface area contributed by atoms with Crippen molar-refractivity contribution in [1.82, 2.24) is 9.97 Å². The average molecular weight is 699 g/mol. The Morgan fingerprint density at radius 1 is 1.06 bits per heavy atom. The van der Waals surface area contributed by atoms with Gasteiger partial charge in [0.05, 0.1) is 13.2 Å². The van der Waals surface area contributed by atoms with Crippen LogP contribution in [0.1, 0.15) is 93.6 Å². The van der Waals surface area contributed by atoms with Gasteiger partial charge in [0, 0.05) is 12.3 Å². The average Bonchev–Trinajstić information content (AvgIpc) is 3.84. The number of carbonyl (C=O) groups is 2. The van der Waals surface area contributed by atoms with Gasteiger partial charge >= 0.3 is 35.0 Å². The number of terminal acetylenes is 1. The van der Waals surface area contributed by atoms with Crippen molar-refractivity contribution in [3.05, 3.63) is 95.4 Å². The molecular formula is C41H46MgN4O5-2. The fourth-order valence-electron chi connectivity index (χ4n) is 7.89. The smallest absolute Gasteiger partial charge is 0.681 e. The number of ether oxygens (including phenoxy) is 2. The molecule has 2 aromatic heterocycles. The third-order valence-corrected chi connectivity index (χ3v) is 11.1. The van der Waals surface area contributed by atoms with Crippen LogP contribution in [0.2, 0.25) is 0 Å². The van der Waals surface area contributed by atoms with Crippen LogP contribution in [-0.4, -0.2) is 59.9 Å². The summed E-state index contributed by atoms with van der Waals surface area (Å²) in [7, 11) is 1.33. The number of hydrogen-bond acceptors (Lipinski definition) is 5. The Kier molecular flexibility index (Phi) is 11.5. The van der Waals surface area contributed by atoms with E-state index in [9.17, 15) is 14.7 Å². The number of fused-ring (bicyclic) bond motifs is 8. The van der Waals surface area contributed by atoms with Crippen LogP contribution in [0.3, 0.4) is 0 Å². The molecule has 6 atom stereocenters. The molecule has 4 aliphatic rings. The Bertz CT molecular complexity index is 2040. The number of nitrogens with zero attached hydrogens (tertiary/aromatic N) is 4. The number of aliphatic hydroxyl groups is 1. The van der Waals surface area contributed by atoms with E-state index >= 15 is 0 Å². The summed E-state index contributed by atoms with van der Waals surface area (Å²) >= 11 is 0. The summed E-state index contributed by atoms with van der Waals surface area (Å²) < 4.78 is 10.8. The molecule has 1 N–H and O–H groups in total. The zero-order chi connectivity index (χ0) is 36.0. The van der Waals surface area contributed by atoms with E-state index in [0.717, 1.165) is 69.2 Å². The Balaban J connectivity index is 0.00000504. The molecule has 264 valence electrons. The van der Waals surface area contributed by atoms with Crippen molar-refractivity contribution < 1.29 is 24.2 Å². The maximum Gasteiger partial charge on any atom is 2.00 e. The third-order valence-electron chi connectivity index (χ3n) is 11.1. The molecule has 51 heavy (non-hydrogen) atoms. The van der Waals surface area contributed by atoms with E-state index in [1.54, 1.807) is 0 Å². The summed E-state index contributed by atoms with van der Waals surface area (Å²) in [6.45, 7) is 14.5. The van der Waals surface area contributed by atoms with Crippen molar-refractivity contribution >= 4 is 52.7 Å². The Morgan fingerprint density at radius 3 is 2.47 bits per heavy atom. The SMILES string of the molecule is C#C[C@H]1C(C)=C2/C=C3\[N-]C(C4=c5[n-]/c(c(C)c5[C@H](O)[C@H]4C(=O)OC)=C\c4[n-]c(c(C)c4CC)/C=C/1[N-]2)[C@@H](CCC(=O)OC/C=C(\C)CC)[C@@H]3C.[Mg+2]. The standard InChI is InChI=1S/C41H46N4O5.Mg/c1-10-20(4)15-16-50-34(46)14-13-27-23(7)30-17-28-21(5)25(11-2)32(42-28)18-29-22(6)26(12-3)33(43-29)19-31-24(8)35-39(45-31)36(38(27)44-30)37(40(35)47)41(48)49-9;/h2,15,17-19,23,25,27,37-38,40,47H,10,12-14,16H2,1,3-9H3;/q-4;+2/b20-15+,30-17-,31-19-,32-18-;/t23-,25-,27-,37-,38?,40-;/m0./s1. The summed E-state index contributed by atoms with van der Waals surface area (Å²) in [5.41, 5.74) is 10.1. The Labute approximate surface area is 317 Å². The van der Waals surface area contributed by atoms with Gasteiger partial charge < -0.3 is 35.2 Å². The summed E-state index contributed by atoms with van der Waals surface area (Å²) in [6, 6.07) is -0.556. The number of carbonyl (C=O) groups excluding carboxylic acids is 2. The summed E-state index contributed by atoms with van der Waals surface area (Å²) in [5.74, 6) is 0.444. The monoisotopic (exact) mass is 698 g/mol. The minimum Gasteiger partial charge on any atom is -0.681 e. The molecule has 9 nitrogen and oxygen atoms in total. The molecule has 0 saturated carbocycles. The molecule has 0 radical (unpaired) electrons. The van der Waals surface area contributed by atoms with Crippen LogP contribution in [0.25, 0.3) is 28.4 Å². The molecule has 0 aromatic carbocycles. The summed E-state index contributed by atoms with van der Waals surface area (Å²) in [5, 5.41) is 23.4. The van der Waals surface area contributed by atoms with Gasteiger partial charge in [-0.1, -0.05) is 84.4 Å². The normalized spacial score (nSPS) is 27.6. The van der Waals surface area contributed by atoms with Gasteiger partial charge in [0.15, 0.2) is 0 Å². The van der Waals surface area contributed by atoms with Gasteiger partial charge in [-0.2, -0.15) is 5.70 Å². The number of methoxy groups -OCH3 is 1. The molecule has 1 saturated heterocycles. The fourth-order valence-corrected chi connectivity index (χ4v) is 7.89. The number of hydrogen-bond donors (Lipinski definition) is 1. The molecule has 8 bridgehead atoms. The minimum atomic E-state index is -1.16. The van der Waals surface area contributed by atoms with Crippen LogP contribution in [0, 0.1) is 49.9 Å². The number of aromatic nitrogens is 2. The zero-order valence-electron chi connectivity index (χ0n) is 31.0. The summed E-state index contributed by atoms with van der Waals surface area (Å²) in [6.07, 6.45) is 15.1. The van der Waals surface area contributed by atoms with Crippen LogP contribution in [-0.2, 0) is 25.5 Å². The van der Waals surface area contributed by atoms with Gasteiger partial charge in [-0.3, -0.25) is 9.59 Å². The predicted molar refractivity (Wildman–Crippen MR) is 199 cm³/mol. The van der Waals surface area contributed by atoms with Crippen molar-refractivity contribution in [3.63, 3.8) is 0 Å². The number of aliphatic hydroxyl groups excluding tert-OH is 1. The van der Waals surface area contributed by atoms with Crippen LogP contribution >= 0.6 is 0 Å². The maximum atomic E-state index is 13.5. The molecule has 6 rings (SSSR count). The van der Waals surface area contributed by atoms with Crippen LogP contribution < -0.4 is 20.7 Å². The van der Waals surface area contributed by atoms with E-state index in [1.165, 1.54) is 7.11 Å². The first-order valence-electron chi connectivity index (χ1n) is 17.6. The molecule has 0 amide bonds. The molecule has 0 spiro atoms. The van der Waals surface area contributed by atoms with Crippen LogP contribution in [0.5, 0.6) is 0 Å². The van der Waals surface area contributed by atoms with Gasteiger partial charge in [0.25, 0.3) is 0 Å². The largest absolute Gasteiger partial charge is 2.00 e. The van der Waals surface area contributed by atoms with E-state index in [2.05, 4.69) is 33.6 Å². The van der Waals surface area contributed by atoms with E-state index in [4.69, 9.17) is 36.5 Å². The minimum absolute atomic E-state index is 0. The number of allylic oxidation sites excluding steroid dienone is 4. The van der Waals surface area contributed by atoms with E-state index in [-0.39, 0.29) is 59.8 Å². The molecule has 10 heteroatoms. The first-order valence-corrected chi connectivity index (χ1v) is 17.6. The topological polar surface area (TPSA) is 129 Å². The van der Waals surface area contributed by atoms with Gasteiger partial charge in [0.1, 0.15) is 12.5 Å². The third kappa shape index (κ3) is 6.76. The van der Waals surface area contributed by atoms with Gasteiger partial charge in [0.2, 0.25) is 0 Å². The number of rotatable bonds is 8. The summed E-state index contributed by atoms with van der Waals surface area (Å²) in [4.78, 5) is 36.6. The number of esters is 2. The van der Waals surface area contributed by atoms with Crippen molar-refractivity contribution in [1.29, 1.82) is 0 Å². The quantitative estimate of drug-likeness (QED) is 0.177. The van der Waals surface area contributed by atoms with Crippen LogP contribution in [0.15, 0.2) is 40.4 Å². The van der Waals surface area contributed by atoms with E-state index in [0.29, 0.717) is 28.3 Å². The fraction of sp³-hybridized carbons (Fsp3) is 0.463. The van der Waals surface area contributed by atoms with Crippen molar-refractivity contribution in [2.75, 3.05) is 13.7 Å². The first kappa shape index (κ1) is 38.3. The zero-order valence-corrected chi connectivity index (χ0v) is 32.4. The second kappa shape index (κ2) is 15.4. The second-order valence-electron chi connectivity index (χ2n) is 13.8. The Morgan fingerprint density at radius 2 is 1.80 bits per heavy atom. The van der Waals surface area contributed by atoms with Crippen molar-refractivity contribution in [2.45, 2.75) is 86.3 Å². The van der Waals surface area contributed by atoms with Crippen molar-refractivity contribution in [2.24, 2.45) is 23.7 Å². The molecule has 5 heterocycles. The van der Waals surface area contributed by atoms with Crippen molar-refractivity contribution in [3.8, 4) is 12.3 Å². The first-order chi connectivity index (χ1) is 23.9. The van der Waals surface area contributed by atoms with E-state index < -0.39 is 24.0 Å². The maximum absolute atomic E-state index is 13.5. The molecule has 1 fully saturated rings.